The molecule has 2 heterocycles. The number of benzene rings is 9. The lowest BCUT2D eigenvalue weighted by Crippen LogP contribution is -2.13. The monoisotopic (exact) mass is 775 g/mol. The molecule has 0 radical (unpaired) electrons. The van der Waals surface area contributed by atoms with Gasteiger partial charge in [0.25, 0.3) is 0 Å². The molecule has 0 amide bonds. The quantitative estimate of drug-likeness (QED) is 0.146. The van der Waals surface area contributed by atoms with Gasteiger partial charge in [0.05, 0.1) is 0 Å². The van der Waals surface area contributed by atoms with E-state index in [9.17, 15) is 0 Å². The van der Waals surface area contributed by atoms with Crippen LogP contribution in [0.5, 0.6) is 0 Å². The van der Waals surface area contributed by atoms with Crippen molar-refractivity contribution in [2.24, 2.45) is 0 Å². The zero-order valence-corrected chi connectivity index (χ0v) is 32.8. The van der Waals surface area contributed by atoms with Crippen LogP contribution in [0.3, 0.4) is 0 Å². The highest BCUT2D eigenvalue weighted by molar-refractivity contribution is 7.25. The molecule has 0 aliphatic carbocycles. The van der Waals surface area contributed by atoms with Crippen LogP contribution in [0.1, 0.15) is 0 Å². The highest BCUT2D eigenvalue weighted by atomic mass is 32.1. The summed E-state index contributed by atoms with van der Waals surface area (Å²) < 4.78 is 9.26. The molecule has 0 N–H and O–H groups in total. The average molecular weight is 776 g/mol. The summed E-state index contributed by atoms with van der Waals surface area (Å²) in [6, 6.07) is 79.6. The Morgan fingerprint density at radius 3 is 1.27 bits per heavy atom. The van der Waals surface area contributed by atoms with Gasteiger partial charge in [-0.2, -0.15) is 0 Å². The SMILES string of the molecule is c1ccc(N(c2ccccc2)c2cccc(N(c3ccc4c(c3)oc3ccc(N(c5ccccc5)c5ccccc5)cc34)c3ccc4sc5ccccc5c4c3)c2)cc1. The summed E-state index contributed by atoms with van der Waals surface area (Å²) in [7, 11) is 0. The van der Waals surface area contributed by atoms with Gasteiger partial charge in [0.1, 0.15) is 11.2 Å². The van der Waals surface area contributed by atoms with Crippen molar-refractivity contribution in [1.29, 1.82) is 0 Å². The van der Waals surface area contributed by atoms with E-state index in [1.165, 1.54) is 20.2 Å². The lowest BCUT2D eigenvalue weighted by Gasteiger charge is -2.29. The summed E-state index contributed by atoms with van der Waals surface area (Å²) in [6.07, 6.45) is 0. The van der Waals surface area contributed by atoms with Crippen LogP contribution < -0.4 is 14.7 Å². The molecule has 0 saturated carbocycles. The van der Waals surface area contributed by atoms with E-state index < -0.39 is 0 Å². The summed E-state index contributed by atoms with van der Waals surface area (Å²) in [5.41, 5.74) is 11.3. The lowest BCUT2D eigenvalue weighted by molar-refractivity contribution is 0.669. The third-order valence-electron chi connectivity index (χ3n) is 11.0. The van der Waals surface area contributed by atoms with Crippen molar-refractivity contribution in [3.63, 3.8) is 0 Å². The molecule has 0 bridgehead atoms. The van der Waals surface area contributed by atoms with Crippen LogP contribution in [-0.2, 0) is 0 Å². The molecule has 0 atom stereocenters. The van der Waals surface area contributed by atoms with Gasteiger partial charge in [-0.05, 0) is 121 Å². The number of thiophene rings is 1. The van der Waals surface area contributed by atoms with Gasteiger partial charge in [-0.25, -0.2) is 0 Å². The largest absolute Gasteiger partial charge is 0.456 e. The minimum atomic E-state index is 0.832. The Kier molecular flexibility index (Phi) is 8.64. The maximum absolute atomic E-state index is 6.70. The summed E-state index contributed by atoms with van der Waals surface area (Å²) in [5, 5.41) is 4.66. The second-order valence-corrected chi connectivity index (χ2v) is 15.7. The molecule has 280 valence electrons. The molecule has 0 unspecified atom stereocenters. The van der Waals surface area contributed by atoms with Gasteiger partial charge in [-0.3, -0.25) is 0 Å². The van der Waals surface area contributed by atoms with Gasteiger partial charge in [0.2, 0.25) is 0 Å². The Bertz CT molecular complexity index is 3160. The van der Waals surface area contributed by atoms with E-state index in [1.54, 1.807) is 0 Å². The van der Waals surface area contributed by atoms with E-state index in [2.05, 4.69) is 239 Å². The molecule has 4 nitrogen and oxygen atoms in total. The molecule has 0 aliphatic heterocycles. The first-order chi connectivity index (χ1) is 29.2. The molecule has 11 aromatic rings. The smallest absolute Gasteiger partial charge is 0.137 e. The maximum atomic E-state index is 6.70. The summed E-state index contributed by atoms with van der Waals surface area (Å²) in [4.78, 5) is 6.96. The minimum Gasteiger partial charge on any atom is -0.456 e. The van der Waals surface area contributed by atoms with Crippen molar-refractivity contribution in [2.45, 2.75) is 0 Å². The molecule has 0 spiro atoms. The first kappa shape index (κ1) is 34.6. The third-order valence-corrected chi connectivity index (χ3v) is 12.1. The van der Waals surface area contributed by atoms with Crippen LogP contribution in [0.15, 0.2) is 229 Å². The van der Waals surface area contributed by atoms with Crippen LogP contribution in [-0.4, -0.2) is 0 Å². The minimum absolute atomic E-state index is 0.832. The molecular weight excluding hydrogens is 739 g/mol. The maximum Gasteiger partial charge on any atom is 0.137 e. The van der Waals surface area contributed by atoms with Crippen molar-refractivity contribution in [3.05, 3.63) is 224 Å². The average Bonchev–Trinajstić information content (AvgIpc) is 3.86. The highest BCUT2D eigenvalue weighted by Gasteiger charge is 2.21. The molecule has 0 aliphatic rings. The Morgan fingerprint density at radius 2 is 0.678 bits per heavy atom. The van der Waals surface area contributed by atoms with Crippen molar-refractivity contribution < 1.29 is 4.42 Å². The van der Waals surface area contributed by atoms with E-state index >= 15 is 0 Å². The number of hydrogen-bond donors (Lipinski definition) is 0. The molecule has 0 saturated heterocycles. The van der Waals surface area contributed by atoms with Gasteiger partial charge in [-0.15, -0.1) is 11.3 Å². The summed E-state index contributed by atoms with van der Waals surface area (Å²) in [6.45, 7) is 0. The predicted molar refractivity (Wildman–Crippen MR) is 251 cm³/mol. The van der Waals surface area contributed by atoms with Crippen LogP contribution in [0.25, 0.3) is 42.1 Å². The predicted octanol–water partition coefficient (Wildman–Crippen LogP) is 16.4. The molecular formula is C54H37N3OS. The fourth-order valence-corrected chi connectivity index (χ4v) is 9.39. The van der Waals surface area contributed by atoms with E-state index in [1.807, 2.05) is 11.3 Å². The van der Waals surface area contributed by atoms with Gasteiger partial charge >= 0.3 is 0 Å². The Hall–Kier alpha value is -7.60. The first-order valence-corrected chi connectivity index (χ1v) is 20.7. The van der Waals surface area contributed by atoms with Gasteiger partial charge in [-0.1, -0.05) is 97.1 Å². The van der Waals surface area contributed by atoms with E-state index in [0.29, 0.717) is 0 Å². The summed E-state index contributed by atoms with van der Waals surface area (Å²) >= 11 is 1.84. The Morgan fingerprint density at radius 1 is 0.254 bits per heavy atom. The Labute approximate surface area is 346 Å². The van der Waals surface area contributed by atoms with Crippen LogP contribution >= 0.6 is 11.3 Å². The third kappa shape index (κ3) is 6.35. The second-order valence-electron chi connectivity index (χ2n) is 14.6. The fraction of sp³-hybridized carbons (Fsp3) is 0. The van der Waals surface area contributed by atoms with Gasteiger partial charge in [0, 0.05) is 88.2 Å². The molecule has 0 fully saturated rings. The van der Waals surface area contributed by atoms with Crippen LogP contribution in [0.2, 0.25) is 0 Å². The van der Waals surface area contributed by atoms with Crippen LogP contribution in [0, 0.1) is 0 Å². The summed E-state index contributed by atoms with van der Waals surface area (Å²) in [5.74, 6) is 0. The molecule has 59 heavy (non-hydrogen) atoms. The second kappa shape index (κ2) is 14.7. The highest BCUT2D eigenvalue weighted by Crippen LogP contribution is 2.45. The van der Waals surface area contributed by atoms with Gasteiger partial charge in [0.15, 0.2) is 0 Å². The molecule has 9 aromatic carbocycles. The van der Waals surface area contributed by atoms with Gasteiger partial charge < -0.3 is 19.1 Å². The number of furan rings is 1. The van der Waals surface area contributed by atoms with Crippen molar-refractivity contribution in [2.75, 3.05) is 14.7 Å². The Balaban J connectivity index is 1.07. The molecule has 11 rings (SSSR count). The fourth-order valence-electron chi connectivity index (χ4n) is 8.31. The number of anilines is 9. The zero-order chi connectivity index (χ0) is 39.1. The standard InChI is InChI=1S/C54H37N3OS/c1-5-16-38(17-6-1)55(39-18-7-2-8-19-39)42-24-15-25-43(34-42)57(45-30-33-54-50(36-45)48-26-13-14-27-53(48)59-54)46-28-31-47-49-35-44(29-32-51(49)58-52(47)37-46)56(40-20-9-3-10-21-40)41-22-11-4-12-23-41/h1-37H. The topological polar surface area (TPSA) is 22.9 Å². The number of rotatable bonds is 9. The normalized spacial score (nSPS) is 11.4. The number of hydrogen-bond acceptors (Lipinski definition) is 5. The van der Waals surface area contributed by atoms with Crippen molar-refractivity contribution in [1.82, 2.24) is 0 Å². The number of para-hydroxylation sites is 4. The number of fused-ring (bicyclic) bond motifs is 6. The number of nitrogens with zero attached hydrogens (tertiary/aromatic N) is 3. The van der Waals surface area contributed by atoms with Crippen molar-refractivity contribution >= 4 is 105 Å². The van der Waals surface area contributed by atoms with Crippen molar-refractivity contribution in [3.8, 4) is 0 Å². The molecule has 2 aromatic heterocycles. The van der Waals surface area contributed by atoms with E-state index in [4.69, 9.17) is 4.42 Å². The zero-order valence-electron chi connectivity index (χ0n) is 32.0. The molecule has 5 heteroatoms. The van der Waals surface area contributed by atoms with E-state index in [-0.39, 0.29) is 0 Å². The lowest BCUT2D eigenvalue weighted by atomic mass is 10.1. The van der Waals surface area contributed by atoms with E-state index in [0.717, 1.165) is 73.1 Å². The first-order valence-electron chi connectivity index (χ1n) is 19.8. The van der Waals surface area contributed by atoms with Crippen LogP contribution in [0.4, 0.5) is 51.2 Å².